The van der Waals surface area contributed by atoms with Gasteiger partial charge in [-0.1, -0.05) is 0 Å². The van der Waals surface area contributed by atoms with Crippen molar-refractivity contribution in [3.05, 3.63) is 12.7 Å². The summed E-state index contributed by atoms with van der Waals surface area (Å²) in [5.41, 5.74) is 3.73. The number of imidazole rings is 1. The van der Waals surface area contributed by atoms with Crippen LogP contribution in [0.2, 0.25) is 0 Å². The van der Waals surface area contributed by atoms with Crippen LogP contribution < -0.4 is 11.1 Å². The van der Waals surface area contributed by atoms with Crippen LogP contribution in [0.3, 0.4) is 0 Å². The average molecular weight is 336 g/mol. The van der Waals surface area contributed by atoms with Crippen molar-refractivity contribution in [3.8, 4) is 0 Å². The van der Waals surface area contributed by atoms with E-state index in [2.05, 4.69) is 20.3 Å². The van der Waals surface area contributed by atoms with E-state index in [1.54, 1.807) is 11.5 Å². The molecule has 0 spiro atoms. The van der Waals surface area contributed by atoms with Gasteiger partial charge in [0.05, 0.1) is 32.2 Å². The predicted octanol–water partition coefficient (Wildman–Crippen LogP) is -1.81. The SMILES string of the molecule is CC1(n2cnc3c(N)ncnc32)OCC(O)C1(O)C1COCCN1. The van der Waals surface area contributed by atoms with E-state index >= 15 is 0 Å². The van der Waals surface area contributed by atoms with Crippen molar-refractivity contribution in [2.45, 2.75) is 30.4 Å². The third kappa shape index (κ3) is 1.91. The molecule has 4 unspecified atom stereocenters. The number of anilines is 1. The van der Waals surface area contributed by atoms with E-state index in [4.69, 9.17) is 15.2 Å². The summed E-state index contributed by atoms with van der Waals surface area (Å²) in [5, 5.41) is 25.2. The average Bonchev–Trinajstić information content (AvgIpc) is 3.13. The van der Waals surface area contributed by atoms with Crippen molar-refractivity contribution in [2.75, 3.05) is 32.1 Å². The fourth-order valence-electron chi connectivity index (χ4n) is 3.62. The Morgan fingerprint density at radius 1 is 1.38 bits per heavy atom. The Morgan fingerprint density at radius 3 is 2.96 bits per heavy atom. The van der Waals surface area contributed by atoms with Gasteiger partial charge < -0.3 is 30.7 Å². The van der Waals surface area contributed by atoms with E-state index in [1.165, 1.54) is 12.7 Å². The first kappa shape index (κ1) is 15.7. The van der Waals surface area contributed by atoms with E-state index in [9.17, 15) is 10.2 Å². The van der Waals surface area contributed by atoms with Crippen molar-refractivity contribution in [1.29, 1.82) is 0 Å². The van der Waals surface area contributed by atoms with Crippen molar-refractivity contribution in [3.63, 3.8) is 0 Å². The second-order valence-electron chi connectivity index (χ2n) is 6.26. The number of rotatable bonds is 2. The highest BCUT2D eigenvalue weighted by molar-refractivity contribution is 5.81. The first-order valence-electron chi connectivity index (χ1n) is 7.78. The molecule has 0 amide bonds. The number of fused-ring (bicyclic) bond motifs is 1. The Bertz CT molecular complexity index is 763. The fraction of sp³-hybridized carbons (Fsp3) is 0.643. The van der Waals surface area contributed by atoms with Gasteiger partial charge in [-0.3, -0.25) is 4.57 Å². The van der Waals surface area contributed by atoms with Crippen LogP contribution in [0.25, 0.3) is 11.2 Å². The molecule has 10 nitrogen and oxygen atoms in total. The molecule has 2 aromatic heterocycles. The molecule has 2 aliphatic rings. The van der Waals surface area contributed by atoms with Gasteiger partial charge in [0.15, 0.2) is 22.8 Å². The van der Waals surface area contributed by atoms with Gasteiger partial charge in [0.25, 0.3) is 0 Å². The minimum Gasteiger partial charge on any atom is -0.387 e. The molecule has 24 heavy (non-hydrogen) atoms. The number of aliphatic hydroxyl groups excluding tert-OH is 1. The summed E-state index contributed by atoms with van der Waals surface area (Å²) >= 11 is 0. The number of morpholine rings is 1. The number of hydrogen-bond donors (Lipinski definition) is 4. The van der Waals surface area contributed by atoms with Crippen molar-refractivity contribution >= 4 is 17.0 Å². The summed E-state index contributed by atoms with van der Waals surface area (Å²) in [4.78, 5) is 12.4. The predicted molar refractivity (Wildman–Crippen MR) is 82.9 cm³/mol. The second kappa shape index (κ2) is 5.33. The first-order chi connectivity index (χ1) is 11.5. The summed E-state index contributed by atoms with van der Waals surface area (Å²) in [6, 6.07) is -0.509. The maximum Gasteiger partial charge on any atom is 0.177 e. The summed E-state index contributed by atoms with van der Waals surface area (Å²) in [5.74, 6) is 0.239. The summed E-state index contributed by atoms with van der Waals surface area (Å²) < 4.78 is 12.9. The lowest BCUT2D eigenvalue weighted by atomic mass is 9.81. The Kier molecular flexibility index (Phi) is 3.48. The van der Waals surface area contributed by atoms with Crippen LogP contribution in [0.1, 0.15) is 6.92 Å². The quantitative estimate of drug-likeness (QED) is 0.499. The van der Waals surface area contributed by atoms with Crippen LogP contribution in [0.5, 0.6) is 0 Å². The molecular weight excluding hydrogens is 316 g/mol. The summed E-state index contributed by atoms with van der Waals surface area (Å²) in [7, 11) is 0. The van der Waals surface area contributed by atoms with Crippen molar-refractivity contribution in [1.82, 2.24) is 24.8 Å². The van der Waals surface area contributed by atoms with Gasteiger partial charge in [0.2, 0.25) is 0 Å². The molecule has 0 radical (unpaired) electrons. The molecule has 10 heteroatoms. The van der Waals surface area contributed by atoms with Crippen LogP contribution >= 0.6 is 0 Å². The molecule has 0 saturated carbocycles. The highest BCUT2D eigenvalue weighted by atomic mass is 16.6. The lowest BCUT2D eigenvalue weighted by Gasteiger charge is -2.46. The second-order valence-corrected chi connectivity index (χ2v) is 6.26. The molecule has 5 N–H and O–H groups in total. The van der Waals surface area contributed by atoms with Crippen LogP contribution in [-0.2, 0) is 15.2 Å². The smallest absolute Gasteiger partial charge is 0.177 e. The maximum absolute atomic E-state index is 11.5. The number of nitrogen functional groups attached to an aromatic ring is 1. The molecule has 4 rings (SSSR count). The fourth-order valence-corrected chi connectivity index (χ4v) is 3.62. The van der Waals surface area contributed by atoms with Crippen LogP contribution in [0, 0.1) is 0 Å². The first-order valence-corrected chi connectivity index (χ1v) is 7.78. The molecule has 2 aromatic rings. The van der Waals surface area contributed by atoms with Crippen LogP contribution in [0.15, 0.2) is 12.7 Å². The largest absolute Gasteiger partial charge is 0.387 e. The lowest BCUT2D eigenvalue weighted by molar-refractivity contribution is -0.203. The third-order valence-corrected chi connectivity index (χ3v) is 5.05. The number of ether oxygens (including phenoxy) is 2. The van der Waals surface area contributed by atoms with Gasteiger partial charge in [-0.05, 0) is 6.92 Å². The lowest BCUT2D eigenvalue weighted by Crippen LogP contribution is -2.69. The molecule has 0 aromatic carbocycles. The minimum atomic E-state index is -1.64. The molecular formula is C14H20N6O4. The van der Waals surface area contributed by atoms with E-state index in [0.717, 1.165) is 0 Å². The third-order valence-electron chi connectivity index (χ3n) is 5.05. The number of nitrogens with zero attached hydrogens (tertiary/aromatic N) is 4. The normalized spacial score (nSPS) is 37.1. The molecule has 0 bridgehead atoms. The Hall–Kier alpha value is -1.85. The highest BCUT2D eigenvalue weighted by Crippen LogP contribution is 2.44. The van der Waals surface area contributed by atoms with Crippen molar-refractivity contribution < 1.29 is 19.7 Å². The van der Waals surface area contributed by atoms with Gasteiger partial charge in [-0.15, -0.1) is 0 Å². The van der Waals surface area contributed by atoms with Crippen LogP contribution in [-0.4, -0.2) is 73.8 Å². The Labute approximate surface area is 137 Å². The van der Waals surface area contributed by atoms with Gasteiger partial charge in [0, 0.05) is 6.54 Å². The molecule has 2 fully saturated rings. The number of hydrogen-bond acceptors (Lipinski definition) is 9. The van der Waals surface area contributed by atoms with Gasteiger partial charge in [0.1, 0.15) is 17.9 Å². The standard InChI is InChI=1S/C14H20N6O4/c1-13(20-7-19-10-11(15)17-6-18-12(10)20)14(22,9(21)5-24-13)8-4-23-3-2-16-8/h6-9,16,21-22H,2-5H2,1H3,(H2,15,17,18). The molecule has 2 saturated heterocycles. The Balaban J connectivity index is 1.85. The van der Waals surface area contributed by atoms with Gasteiger partial charge >= 0.3 is 0 Å². The zero-order chi connectivity index (χ0) is 16.9. The number of nitrogens with two attached hydrogens (primary N) is 1. The Morgan fingerprint density at radius 2 is 2.21 bits per heavy atom. The van der Waals surface area contributed by atoms with Crippen molar-refractivity contribution in [2.24, 2.45) is 0 Å². The molecule has 4 heterocycles. The van der Waals surface area contributed by atoms with E-state index in [-0.39, 0.29) is 19.0 Å². The van der Waals surface area contributed by atoms with E-state index < -0.39 is 23.5 Å². The number of aliphatic hydroxyl groups is 2. The monoisotopic (exact) mass is 336 g/mol. The molecule has 2 aliphatic heterocycles. The van der Waals surface area contributed by atoms with Gasteiger partial charge in [-0.2, -0.15) is 0 Å². The van der Waals surface area contributed by atoms with E-state index in [0.29, 0.717) is 24.3 Å². The maximum atomic E-state index is 11.5. The molecule has 0 aliphatic carbocycles. The number of aromatic nitrogens is 4. The summed E-state index contributed by atoms with van der Waals surface area (Å²) in [6.07, 6.45) is 1.71. The molecule has 4 atom stereocenters. The zero-order valence-electron chi connectivity index (χ0n) is 13.2. The highest BCUT2D eigenvalue weighted by Gasteiger charge is 2.64. The van der Waals surface area contributed by atoms with Gasteiger partial charge in [-0.25, -0.2) is 15.0 Å². The minimum absolute atomic E-state index is 0.0224. The number of nitrogens with one attached hydrogen (secondary N) is 1. The topological polar surface area (TPSA) is 141 Å². The van der Waals surface area contributed by atoms with Crippen LogP contribution in [0.4, 0.5) is 5.82 Å². The zero-order valence-corrected chi connectivity index (χ0v) is 13.2. The molecule has 130 valence electrons. The summed E-state index contributed by atoms with van der Waals surface area (Å²) in [6.45, 7) is 3.06. The van der Waals surface area contributed by atoms with E-state index in [1.807, 2.05) is 0 Å².